The van der Waals surface area contributed by atoms with Gasteiger partial charge in [-0.25, -0.2) is 9.97 Å². The van der Waals surface area contributed by atoms with Gasteiger partial charge >= 0.3 is 6.36 Å². The number of anilines is 1. The van der Waals surface area contributed by atoms with Crippen molar-refractivity contribution in [2.24, 2.45) is 0 Å². The van der Waals surface area contributed by atoms with Crippen molar-refractivity contribution >= 4 is 16.7 Å². The molecule has 0 amide bonds. The van der Waals surface area contributed by atoms with Crippen LogP contribution in [0.15, 0.2) is 48.5 Å². The van der Waals surface area contributed by atoms with Crippen LogP contribution >= 0.6 is 0 Å². The van der Waals surface area contributed by atoms with Crippen molar-refractivity contribution in [2.45, 2.75) is 6.36 Å². The third kappa shape index (κ3) is 3.95. The first-order valence-corrected chi connectivity index (χ1v) is 8.45. The van der Waals surface area contributed by atoms with Crippen LogP contribution in [0.3, 0.4) is 0 Å². The van der Waals surface area contributed by atoms with Crippen molar-refractivity contribution in [1.29, 1.82) is 0 Å². The zero-order valence-electron chi connectivity index (χ0n) is 14.2. The molecule has 1 aliphatic rings. The van der Waals surface area contributed by atoms with Crippen LogP contribution in [0, 0.1) is 0 Å². The van der Waals surface area contributed by atoms with Gasteiger partial charge in [0.25, 0.3) is 0 Å². The van der Waals surface area contributed by atoms with E-state index in [0.29, 0.717) is 24.6 Å². The molecule has 0 atom stereocenters. The van der Waals surface area contributed by atoms with E-state index in [4.69, 9.17) is 9.72 Å². The summed E-state index contributed by atoms with van der Waals surface area (Å²) >= 11 is 0. The Balaban J connectivity index is 1.73. The molecular formula is C19H16F3N3O2. The molecule has 0 saturated carbocycles. The maximum atomic E-state index is 12.3. The number of fused-ring (bicyclic) bond motifs is 1. The normalized spacial score (nSPS) is 15.1. The molecule has 1 aromatic heterocycles. The second-order valence-corrected chi connectivity index (χ2v) is 6.06. The van der Waals surface area contributed by atoms with Gasteiger partial charge in [-0.3, -0.25) is 0 Å². The number of alkyl halides is 3. The molecule has 1 aliphatic heterocycles. The molecule has 2 heterocycles. The Morgan fingerprint density at radius 2 is 1.63 bits per heavy atom. The Bertz CT molecular complexity index is 939. The third-order valence-corrected chi connectivity index (χ3v) is 4.24. The van der Waals surface area contributed by atoms with E-state index in [1.54, 1.807) is 0 Å². The van der Waals surface area contributed by atoms with Gasteiger partial charge in [0.15, 0.2) is 5.82 Å². The zero-order valence-corrected chi connectivity index (χ0v) is 14.2. The van der Waals surface area contributed by atoms with Crippen molar-refractivity contribution in [3.63, 3.8) is 0 Å². The van der Waals surface area contributed by atoms with Crippen LogP contribution in [0.2, 0.25) is 0 Å². The Kier molecular flexibility index (Phi) is 4.57. The summed E-state index contributed by atoms with van der Waals surface area (Å²) in [4.78, 5) is 11.4. The monoisotopic (exact) mass is 375 g/mol. The quantitative estimate of drug-likeness (QED) is 0.692. The van der Waals surface area contributed by atoms with Gasteiger partial charge in [-0.05, 0) is 36.4 Å². The molecule has 3 aromatic rings. The maximum absolute atomic E-state index is 12.3. The summed E-state index contributed by atoms with van der Waals surface area (Å²) < 4.78 is 46.3. The second-order valence-electron chi connectivity index (χ2n) is 6.06. The summed E-state index contributed by atoms with van der Waals surface area (Å²) in [6, 6.07) is 13.2. The topological polar surface area (TPSA) is 47.5 Å². The number of rotatable bonds is 3. The lowest BCUT2D eigenvalue weighted by molar-refractivity contribution is -0.274. The largest absolute Gasteiger partial charge is 0.573 e. The lowest BCUT2D eigenvalue weighted by atomic mass is 10.1. The van der Waals surface area contributed by atoms with Gasteiger partial charge in [-0.1, -0.05) is 12.1 Å². The lowest BCUT2D eigenvalue weighted by Crippen LogP contribution is -2.37. The number of halogens is 3. The van der Waals surface area contributed by atoms with Crippen LogP contribution in [0.4, 0.5) is 19.0 Å². The molecule has 0 aliphatic carbocycles. The van der Waals surface area contributed by atoms with Crippen LogP contribution in [0.5, 0.6) is 5.75 Å². The van der Waals surface area contributed by atoms with E-state index in [-0.39, 0.29) is 5.75 Å². The van der Waals surface area contributed by atoms with Crippen molar-refractivity contribution < 1.29 is 22.6 Å². The molecule has 5 nitrogen and oxygen atoms in total. The summed E-state index contributed by atoms with van der Waals surface area (Å²) in [5.74, 6) is 0.976. The zero-order chi connectivity index (χ0) is 18.9. The average molecular weight is 375 g/mol. The van der Waals surface area contributed by atoms with Gasteiger partial charge in [0.2, 0.25) is 0 Å². The first-order chi connectivity index (χ1) is 13.0. The minimum Gasteiger partial charge on any atom is -0.406 e. The molecule has 0 radical (unpaired) electrons. The highest BCUT2D eigenvalue weighted by atomic mass is 19.4. The van der Waals surface area contributed by atoms with Gasteiger partial charge in [0, 0.05) is 24.0 Å². The molecule has 2 aromatic carbocycles. The Morgan fingerprint density at radius 1 is 0.926 bits per heavy atom. The van der Waals surface area contributed by atoms with Crippen molar-refractivity contribution in [3.8, 4) is 17.1 Å². The summed E-state index contributed by atoms with van der Waals surface area (Å²) in [7, 11) is 0. The van der Waals surface area contributed by atoms with Crippen LogP contribution < -0.4 is 9.64 Å². The lowest BCUT2D eigenvalue weighted by Gasteiger charge is -2.29. The fourth-order valence-electron chi connectivity index (χ4n) is 3.01. The minimum absolute atomic E-state index is 0.277. The van der Waals surface area contributed by atoms with Crippen LogP contribution in [-0.4, -0.2) is 42.6 Å². The molecule has 0 bridgehead atoms. The number of hydrogen-bond acceptors (Lipinski definition) is 5. The maximum Gasteiger partial charge on any atom is 0.573 e. The van der Waals surface area contributed by atoms with E-state index in [2.05, 4.69) is 14.6 Å². The third-order valence-electron chi connectivity index (χ3n) is 4.24. The molecule has 1 saturated heterocycles. The van der Waals surface area contributed by atoms with E-state index in [1.807, 2.05) is 24.3 Å². The van der Waals surface area contributed by atoms with Crippen LogP contribution in [0.1, 0.15) is 0 Å². The molecule has 0 unspecified atom stereocenters. The van der Waals surface area contributed by atoms with E-state index in [0.717, 1.165) is 29.8 Å². The van der Waals surface area contributed by atoms with Crippen LogP contribution in [-0.2, 0) is 4.74 Å². The first kappa shape index (κ1) is 17.5. The van der Waals surface area contributed by atoms with Gasteiger partial charge in [-0.15, -0.1) is 13.2 Å². The number of hydrogen-bond donors (Lipinski definition) is 0. The van der Waals surface area contributed by atoms with E-state index < -0.39 is 6.36 Å². The first-order valence-electron chi connectivity index (χ1n) is 8.45. The minimum atomic E-state index is -4.72. The highest BCUT2D eigenvalue weighted by molar-refractivity contribution is 5.91. The van der Waals surface area contributed by atoms with Crippen molar-refractivity contribution in [2.75, 3.05) is 31.2 Å². The van der Waals surface area contributed by atoms with Gasteiger partial charge in [0.05, 0.1) is 18.7 Å². The summed E-state index contributed by atoms with van der Waals surface area (Å²) in [6.07, 6.45) is -4.72. The fourth-order valence-corrected chi connectivity index (χ4v) is 3.01. The number of benzene rings is 2. The number of ether oxygens (including phenoxy) is 2. The molecule has 4 rings (SSSR count). The number of nitrogens with zero attached hydrogens (tertiary/aromatic N) is 3. The number of aromatic nitrogens is 2. The SMILES string of the molecule is FC(F)(F)Oc1ccc(-c2nc(N3CCOCC3)c3ccccc3n2)cc1. The predicted octanol–water partition coefficient (Wildman–Crippen LogP) is 4.03. The summed E-state index contributed by atoms with van der Waals surface area (Å²) in [5.41, 5.74) is 1.39. The van der Waals surface area contributed by atoms with E-state index in [9.17, 15) is 13.2 Å². The smallest absolute Gasteiger partial charge is 0.406 e. The molecule has 27 heavy (non-hydrogen) atoms. The molecule has 1 fully saturated rings. The van der Waals surface area contributed by atoms with Gasteiger partial charge in [0.1, 0.15) is 11.6 Å². The van der Waals surface area contributed by atoms with Gasteiger partial charge < -0.3 is 14.4 Å². The average Bonchev–Trinajstić information content (AvgIpc) is 2.67. The molecule has 140 valence electrons. The van der Waals surface area contributed by atoms with Crippen LogP contribution in [0.25, 0.3) is 22.3 Å². The highest BCUT2D eigenvalue weighted by Crippen LogP contribution is 2.30. The molecule has 0 spiro atoms. The number of morpholine rings is 1. The summed E-state index contributed by atoms with van der Waals surface area (Å²) in [6.45, 7) is 2.69. The Hall–Kier alpha value is -2.87. The van der Waals surface area contributed by atoms with Crippen molar-refractivity contribution in [3.05, 3.63) is 48.5 Å². The predicted molar refractivity (Wildman–Crippen MR) is 94.7 cm³/mol. The molecule has 8 heteroatoms. The fraction of sp³-hybridized carbons (Fsp3) is 0.263. The second kappa shape index (κ2) is 7.03. The Morgan fingerprint density at radius 3 is 2.33 bits per heavy atom. The van der Waals surface area contributed by atoms with Crippen molar-refractivity contribution in [1.82, 2.24) is 9.97 Å². The number of para-hydroxylation sites is 1. The van der Waals surface area contributed by atoms with Gasteiger partial charge in [-0.2, -0.15) is 0 Å². The molecule has 0 N–H and O–H groups in total. The van der Waals surface area contributed by atoms with E-state index in [1.165, 1.54) is 24.3 Å². The summed E-state index contributed by atoms with van der Waals surface area (Å²) in [5, 5.41) is 0.931. The standard InChI is InChI=1S/C19H16F3N3O2/c20-19(21,22)27-14-7-5-13(6-8-14)17-23-16-4-2-1-3-15(16)18(24-17)25-9-11-26-12-10-25/h1-8H,9-12H2. The molecular weight excluding hydrogens is 359 g/mol. The Labute approximate surface area is 153 Å². The van der Waals surface area contributed by atoms with E-state index >= 15 is 0 Å². The highest BCUT2D eigenvalue weighted by Gasteiger charge is 2.31.